The Hall–Kier alpha value is -1.79. The predicted octanol–water partition coefficient (Wildman–Crippen LogP) is 2.64. The number of nitro groups is 1. The van der Waals surface area contributed by atoms with Gasteiger partial charge in [-0.15, -0.1) is 0 Å². The number of rotatable bonds is 4. The maximum absolute atomic E-state index is 11.9. The molecule has 0 saturated heterocycles. The number of hydrogen-bond donors (Lipinski definition) is 0. The smallest absolute Gasteiger partial charge is 0.234 e. The summed E-state index contributed by atoms with van der Waals surface area (Å²) < 4.78 is 35.8. The lowest BCUT2D eigenvalue weighted by atomic mass is 10.3. The first kappa shape index (κ1) is 12.3. The molecule has 0 radical (unpaired) electrons. The molecular weight excluding hydrogens is 225 g/mol. The molecule has 0 amide bonds. The Balaban J connectivity index is 2.74. The van der Waals surface area contributed by atoms with Gasteiger partial charge in [-0.25, -0.2) is 10.1 Å². The summed E-state index contributed by atoms with van der Waals surface area (Å²) in [4.78, 5) is 10.6. The molecule has 0 fully saturated rings. The number of para-hydroxylation sites is 1. The van der Waals surface area contributed by atoms with Crippen molar-refractivity contribution < 1.29 is 18.2 Å². The summed E-state index contributed by atoms with van der Waals surface area (Å²) in [6.45, 7) is -0.694. The molecule has 0 aliphatic heterocycles. The molecule has 0 saturated carbocycles. The lowest BCUT2D eigenvalue weighted by molar-refractivity contribution is -0.495. The summed E-state index contributed by atoms with van der Waals surface area (Å²) in [5.41, 5.74) is 0.136. The second-order valence-corrected chi connectivity index (χ2v) is 3.06. The first-order valence-electron chi connectivity index (χ1n) is 4.44. The third-order valence-electron chi connectivity index (χ3n) is 1.86. The third kappa shape index (κ3) is 3.76. The Morgan fingerprint density at radius 1 is 1.25 bits per heavy atom. The molecule has 0 N–H and O–H groups in total. The van der Waals surface area contributed by atoms with E-state index in [4.69, 9.17) is 0 Å². The van der Waals surface area contributed by atoms with Gasteiger partial charge in [-0.2, -0.15) is 13.2 Å². The van der Waals surface area contributed by atoms with Crippen LogP contribution in [-0.2, 0) is 0 Å². The van der Waals surface area contributed by atoms with Crippen molar-refractivity contribution in [2.24, 2.45) is 0 Å². The zero-order valence-electron chi connectivity index (χ0n) is 8.15. The topological polar surface area (TPSA) is 46.4 Å². The zero-order chi connectivity index (χ0) is 12.2. The normalized spacial score (nSPS) is 11.2. The monoisotopic (exact) mass is 234 g/mol. The molecule has 4 nitrogen and oxygen atoms in total. The number of hydrogen-bond acceptors (Lipinski definition) is 2. The zero-order valence-corrected chi connectivity index (χ0v) is 8.15. The second-order valence-electron chi connectivity index (χ2n) is 3.06. The molecule has 1 aromatic rings. The van der Waals surface area contributed by atoms with Crippen molar-refractivity contribution in [3.05, 3.63) is 40.4 Å². The lowest BCUT2D eigenvalue weighted by Gasteiger charge is -2.14. The van der Waals surface area contributed by atoms with E-state index in [1.54, 1.807) is 6.07 Å². The highest BCUT2D eigenvalue weighted by Crippen LogP contribution is 2.22. The van der Waals surface area contributed by atoms with Crippen LogP contribution in [0.5, 0.6) is 0 Å². The summed E-state index contributed by atoms with van der Waals surface area (Å²) in [5.74, 6) is 0. The average molecular weight is 234 g/mol. The Labute approximate surface area is 89.4 Å². The lowest BCUT2D eigenvalue weighted by Crippen LogP contribution is -2.33. The molecule has 0 aromatic heterocycles. The van der Waals surface area contributed by atoms with Crippen molar-refractivity contribution in [2.75, 3.05) is 11.6 Å². The van der Waals surface area contributed by atoms with Crippen molar-refractivity contribution in [3.63, 3.8) is 0 Å². The number of benzene rings is 1. The first-order valence-corrected chi connectivity index (χ1v) is 4.44. The Kier molecular flexibility index (Phi) is 3.70. The van der Waals surface area contributed by atoms with Crippen LogP contribution in [-0.4, -0.2) is 17.8 Å². The quantitative estimate of drug-likeness (QED) is 0.594. The summed E-state index contributed by atoms with van der Waals surface area (Å²) in [6.07, 6.45) is -5.62. The van der Waals surface area contributed by atoms with Gasteiger partial charge in [0.2, 0.25) is 0 Å². The highest BCUT2D eigenvalue weighted by molar-refractivity contribution is 5.42. The van der Waals surface area contributed by atoms with Gasteiger partial charge in [-0.05, 0) is 12.1 Å². The molecule has 0 spiro atoms. The molecule has 0 atom stereocenters. The van der Waals surface area contributed by atoms with Gasteiger partial charge in [0.15, 0.2) is 5.03 Å². The molecule has 7 heteroatoms. The van der Waals surface area contributed by atoms with Gasteiger partial charge in [0.25, 0.3) is 0 Å². The van der Waals surface area contributed by atoms with Crippen LogP contribution < -0.4 is 5.01 Å². The van der Waals surface area contributed by atoms with Crippen LogP contribution >= 0.6 is 0 Å². The standard InChI is InChI=1S/C9H9F3N2O2/c10-9(11,12)6-7-13(14(15)16)8-4-2-1-3-5-8/h1-5H,6-7H2. The molecule has 0 unspecified atom stereocenters. The van der Waals surface area contributed by atoms with E-state index in [2.05, 4.69) is 0 Å². The molecule has 0 bridgehead atoms. The molecule has 0 aliphatic carbocycles. The fourth-order valence-corrected chi connectivity index (χ4v) is 1.14. The van der Waals surface area contributed by atoms with E-state index < -0.39 is 24.2 Å². The SMILES string of the molecule is O=[N+]([O-])N(CCC(F)(F)F)c1ccccc1. The van der Waals surface area contributed by atoms with Crippen molar-refractivity contribution in [1.82, 2.24) is 0 Å². The fraction of sp³-hybridized carbons (Fsp3) is 0.333. The van der Waals surface area contributed by atoms with E-state index in [-0.39, 0.29) is 5.69 Å². The minimum Gasteiger partial charge on any atom is -0.234 e. The minimum atomic E-state index is -4.40. The van der Waals surface area contributed by atoms with E-state index in [0.717, 1.165) is 0 Å². The van der Waals surface area contributed by atoms with Crippen molar-refractivity contribution >= 4 is 5.69 Å². The third-order valence-corrected chi connectivity index (χ3v) is 1.86. The molecule has 88 valence electrons. The van der Waals surface area contributed by atoms with E-state index in [1.807, 2.05) is 0 Å². The van der Waals surface area contributed by atoms with Crippen LogP contribution in [0.2, 0.25) is 0 Å². The van der Waals surface area contributed by atoms with Gasteiger partial charge < -0.3 is 0 Å². The van der Waals surface area contributed by atoms with E-state index in [9.17, 15) is 23.3 Å². The minimum absolute atomic E-state index is 0.136. The first-order chi connectivity index (χ1) is 7.40. The van der Waals surface area contributed by atoms with E-state index in [1.165, 1.54) is 24.3 Å². The second kappa shape index (κ2) is 4.82. The van der Waals surface area contributed by atoms with Crippen LogP contribution in [0.3, 0.4) is 0 Å². The molecule has 1 aromatic carbocycles. The number of hydrazine groups is 1. The van der Waals surface area contributed by atoms with Gasteiger partial charge in [-0.1, -0.05) is 23.2 Å². The fourth-order valence-electron chi connectivity index (χ4n) is 1.14. The number of nitrogens with zero attached hydrogens (tertiary/aromatic N) is 2. The van der Waals surface area contributed by atoms with Gasteiger partial charge in [0.05, 0.1) is 13.0 Å². The summed E-state index contributed by atoms with van der Waals surface area (Å²) in [6, 6.07) is 7.46. The number of anilines is 1. The molecular formula is C9H9F3N2O2. The Morgan fingerprint density at radius 2 is 1.81 bits per heavy atom. The molecule has 1 rings (SSSR count). The van der Waals surface area contributed by atoms with Crippen molar-refractivity contribution in [2.45, 2.75) is 12.6 Å². The van der Waals surface area contributed by atoms with Crippen LogP contribution in [0.1, 0.15) is 6.42 Å². The van der Waals surface area contributed by atoms with Crippen molar-refractivity contribution in [1.29, 1.82) is 0 Å². The van der Waals surface area contributed by atoms with E-state index in [0.29, 0.717) is 5.01 Å². The Morgan fingerprint density at radius 3 is 2.25 bits per heavy atom. The highest BCUT2D eigenvalue weighted by atomic mass is 19.4. The summed E-state index contributed by atoms with van der Waals surface area (Å²) in [5, 5.41) is 10.2. The average Bonchev–Trinajstić information content (AvgIpc) is 2.17. The molecule has 16 heavy (non-hydrogen) atoms. The maximum atomic E-state index is 11.9. The predicted molar refractivity (Wildman–Crippen MR) is 51.5 cm³/mol. The van der Waals surface area contributed by atoms with E-state index >= 15 is 0 Å². The number of halogens is 3. The van der Waals surface area contributed by atoms with Gasteiger partial charge in [0, 0.05) is 0 Å². The maximum Gasteiger partial charge on any atom is 0.391 e. The van der Waals surface area contributed by atoms with Gasteiger partial charge in [0.1, 0.15) is 5.69 Å². The van der Waals surface area contributed by atoms with Gasteiger partial charge >= 0.3 is 6.18 Å². The van der Waals surface area contributed by atoms with Gasteiger partial charge in [-0.3, -0.25) is 0 Å². The largest absolute Gasteiger partial charge is 0.391 e. The van der Waals surface area contributed by atoms with Crippen LogP contribution in [0, 0.1) is 10.1 Å². The van der Waals surface area contributed by atoms with Crippen LogP contribution in [0.25, 0.3) is 0 Å². The molecule has 0 aliphatic rings. The Bertz CT molecular complexity index is 354. The number of alkyl halides is 3. The van der Waals surface area contributed by atoms with Crippen LogP contribution in [0.15, 0.2) is 30.3 Å². The summed E-state index contributed by atoms with van der Waals surface area (Å²) in [7, 11) is 0. The molecule has 0 heterocycles. The summed E-state index contributed by atoms with van der Waals surface area (Å²) >= 11 is 0. The van der Waals surface area contributed by atoms with Crippen LogP contribution in [0.4, 0.5) is 18.9 Å². The highest BCUT2D eigenvalue weighted by Gasteiger charge is 2.30. The van der Waals surface area contributed by atoms with Crippen molar-refractivity contribution in [3.8, 4) is 0 Å².